The van der Waals surface area contributed by atoms with Gasteiger partial charge in [0.2, 0.25) is 0 Å². The maximum absolute atomic E-state index is 13.5. The molecule has 0 unspecified atom stereocenters. The van der Waals surface area contributed by atoms with Crippen LogP contribution < -0.4 is 4.74 Å². The van der Waals surface area contributed by atoms with Crippen LogP contribution in [0.1, 0.15) is 22.8 Å². The standard InChI is InChI=1S/C14H11BrFNO2/c1-8-3-14(12(9(2)18)5-13(8)16)19-11-4-10(15)6-17-7-11/h3-7H,1-2H3. The van der Waals surface area contributed by atoms with Gasteiger partial charge in [-0.2, -0.15) is 0 Å². The van der Waals surface area contributed by atoms with Crippen LogP contribution in [0.3, 0.4) is 0 Å². The first-order valence-electron chi connectivity index (χ1n) is 5.57. The van der Waals surface area contributed by atoms with Crippen molar-refractivity contribution in [3.05, 3.63) is 52.0 Å². The van der Waals surface area contributed by atoms with E-state index in [9.17, 15) is 9.18 Å². The molecule has 2 rings (SSSR count). The Bertz CT molecular complexity index is 643. The number of hydrogen-bond acceptors (Lipinski definition) is 3. The summed E-state index contributed by atoms with van der Waals surface area (Å²) in [7, 11) is 0. The topological polar surface area (TPSA) is 39.2 Å². The number of ether oxygens (including phenoxy) is 1. The normalized spacial score (nSPS) is 10.3. The number of halogens is 2. The fourth-order valence-electron chi connectivity index (χ4n) is 1.59. The highest BCUT2D eigenvalue weighted by molar-refractivity contribution is 9.10. The number of aryl methyl sites for hydroxylation is 1. The molecule has 0 fully saturated rings. The Morgan fingerprint density at radius 3 is 2.68 bits per heavy atom. The van der Waals surface area contributed by atoms with Crippen molar-refractivity contribution < 1.29 is 13.9 Å². The van der Waals surface area contributed by atoms with Crippen molar-refractivity contribution >= 4 is 21.7 Å². The van der Waals surface area contributed by atoms with Crippen molar-refractivity contribution in [1.29, 1.82) is 0 Å². The third-order valence-corrected chi connectivity index (χ3v) is 2.98. The molecule has 0 saturated heterocycles. The minimum Gasteiger partial charge on any atom is -0.455 e. The molecule has 1 aromatic carbocycles. The van der Waals surface area contributed by atoms with Crippen LogP contribution in [0.25, 0.3) is 0 Å². The number of ketones is 1. The van der Waals surface area contributed by atoms with E-state index in [1.807, 2.05) is 0 Å². The highest BCUT2D eigenvalue weighted by atomic mass is 79.9. The van der Waals surface area contributed by atoms with Gasteiger partial charge in [-0.05, 0) is 53.5 Å². The predicted octanol–water partition coefficient (Wildman–Crippen LogP) is 4.29. The Morgan fingerprint density at radius 2 is 2.05 bits per heavy atom. The molecule has 1 heterocycles. The number of rotatable bonds is 3. The summed E-state index contributed by atoms with van der Waals surface area (Å²) in [5, 5.41) is 0. The van der Waals surface area contributed by atoms with Crippen molar-refractivity contribution in [3.63, 3.8) is 0 Å². The van der Waals surface area contributed by atoms with Gasteiger partial charge in [-0.25, -0.2) is 4.39 Å². The zero-order chi connectivity index (χ0) is 14.0. The van der Waals surface area contributed by atoms with Gasteiger partial charge in [-0.3, -0.25) is 9.78 Å². The number of benzene rings is 1. The number of Topliss-reactive ketones (excluding diaryl/α,β-unsaturated/α-hetero) is 1. The molecule has 0 atom stereocenters. The summed E-state index contributed by atoms with van der Waals surface area (Å²) in [5.41, 5.74) is 0.631. The Morgan fingerprint density at radius 1 is 1.32 bits per heavy atom. The molecule has 1 aromatic heterocycles. The molecule has 0 N–H and O–H groups in total. The molecule has 3 nitrogen and oxygen atoms in total. The van der Waals surface area contributed by atoms with Crippen LogP contribution in [0, 0.1) is 12.7 Å². The maximum atomic E-state index is 13.5. The van der Waals surface area contributed by atoms with Crippen molar-refractivity contribution in [2.75, 3.05) is 0 Å². The molecule has 19 heavy (non-hydrogen) atoms. The lowest BCUT2D eigenvalue weighted by Crippen LogP contribution is -2.00. The van der Waals surface area contributed by atoms with Crippen molar-refractivity contribution in [2.45, 2.75) is 13.8 Å². The van der Waals surface area contributed by atoms with Gasteiger partial charge in [0.25, 0.3) is 0 Å². The third kappa shape index (κ3) is 3.17. The number of pyridine rings is 1. The average Bonchev–Trinajstić information content (AvgIpc) is 2.33. The second kappa shape index (κ2) is 5.48. The molecule has 0 aliphatic heterocycles. The van der Waals surface area contributed by atoms with Gasteiger partial charge in [-0.15, -0.1) is 0 Å². The van der Waals surface area contributed by atoms with Gasteiger partial charge in [-0.1, -0.05) is 0 Å². The number of hydrogen-bond donors (Lipinski definition) is 0. The fraction of sp³-hybridized carbons (Fsp3) is 0.143. The highest BCUT2D eigenvalue weighted by Crippen LogP contribution is 2.29. The molecule has 98 valence electrons. The largest absolute Gasteiger partial charge is 0.455 e. The van der Waals surface area contributed by atoms with Gasteiger partial charge in [0.05, 0.1) is 11.8 Å². The summed E-state index contributed by atoms with van der Waals surface area (Å²) in [4.78, 5) is 15.5. The summed E-state index contributed by atoms with van der Waals surface area (Å²) in [6.45, 7) is 2.99. The molecule has 0 saturated carbocycles. The summed E-state index contributed by atoms with van der Waals surface area (Å²) in [5.74, 6) is 0.121. The van der Waals surface area contributed by atoms with E-state index in [1.54, 1.807) is 19.2 Å². The predicted molar refractivity (Wildman–Crippen MR) is 73.2 cm³/mol. The van der Waals surface area contributed by atoms with Crippen LogP contribution in [-0.4, -0.2) is 10.8 Å². The van der Waals surface area contributed by atoms with E-state index in [4.69, 9.17) is 4.74 Å². The van der Waals surface area contributed by atoms with E-state index in [2.05, 4.69) is 20.9 Å². The Kier molecular flexibility index (Phi) is 3.95. The van der Waals surface area contributed by atoms with Crippen LogP contribution in [0.15, 0.2) is 35.1 Å². The quantitative estimate of drug-likeness (QED) is 0.791. The minimum atomic E-state index is -0.426. The van der Waals surface area contributed by atoms with Crippen LogP contribution in [0.5, 0.6) is 11.5 Å². The van der Waals surface area contributed by atoms with Gasteiger partial charge in [0.15, 0.2) is 5.78 Å². The van der Waals surface area contributed by atoms with Gasteiger partial charge in [0.1, 0.15) is 17.3 Å². The van der Waals surface area contributed by atoms with E-state index in [-0.39, 0.29) is 11.3 Å². The van der Waals surface area contributed by atoms with E-state index in [0.717, 1.165) is 4.47 Å². The van der Waals surface area contributed by atoms with E-state index in [0.29, 0.717) is 17.1 Å². The Hall–Kier alpha value is -1.75. The SMILES string of the molecule is CC(=O)c1cc(F)c(C)cc1Oc1cncc(Br)c1. The van der Waals surface area contributed by atoms with E-state index >= 15 is 0 Å². The van der Waals surface area contributed by atoms with Crippen LogP contribution in [0.4, 0.5) is 4.39 Å². The molecular formula is C14H11BrFNO2. The van der Waals surface area contributed by atoms with Crippen LogP contribution >= 0.6 is 15.9 Å². The molecule has 0 amide bonds. The van der Waals surface area contributed by atoms with Gasteiger partial charge < -0.3 is 4.74 Å². The smallest absolute Gasteiger partial charge is 0.163 e. The Labute approximate surface area is 118 Å². The van der Waals surface area contributed by atoms with E-state index in [1.165, 1.54) is 25.3 Å². The lowest BCUT2D eigenvalue weighted by atomic mass is 10.1. The molecule has 0 radical (unpaired) electrons. The molecule has 0 spiro atoms. The minimum absolute atomic E-state index is 0.211. The zero-order valence-corrected chi connectivity index (χ0v) is 12.0. The average molecular weight is 324 g/mol. The fourth-order valence-corrected chi connectivity index (χ4v) is 1.93. The molecule has 0 aliphatic carbocycles. The monoisotopic (exact) mass is 323 g/mol. The lowest BCUT2D eigenvalue weighted by molar-refractivity contribution is 0.101. The lowest BCUT2D eigenvalue weighted by Gasteiger charge is -2.11. The summed E-state index contributed by atoms with van der Waals surface area (Å²) < 4.78 is 19.9. The number of aromatic nitrogens is 1. The first kappa shape index (κ1) is 13.7. The zero-order valence-electron chi connectivity index (χ0n) is 10.4. The van der Waals surface area contributed by atoms with Crippen molar-refractivity contribution in [1.82, 2.24) is 4.98 Å². The molecule has 0 bridgehead atoms. The first-order valence-corrected chi connectivity index (χ1v) is 6.36. The van der Waals surface area contributed by atoms with Crippen LogP contribution in [0.2, 0.25) is 0 Å². The van der Waals surface area contributed by atoms with Crippen molar-refractivity contribution in [2.24, 2.45) is 0 Å². The summed E-state index contributed by atoms with van der Waals surface area (Å²) >= 11 is 3.28. The second-order valence-electron chi connectivity index (χ2n) is 4.09. The molecule has 0 aliphatic rings. The number of nitrogens with zero attached hydrogens (tertiary/aromatic N) is 1. The van der Waals surface area contributed by atoms with Gasteiger partial charge >= 0.3 is 0 Å². The molecule has 2 aromatic rings. The second-order valence-corrected chi connectivity index (χ2v) is 5.01. The van der Waals surface area contributed by atoms with Crippen molar-refractivity contribution in [3.8, 4) is 11.5 Å². The van der Waals surface area contributed by atoms with Crippen LogP contribution in [-0.2, 0) is 0 Å². The Balaban J connectivity index is 2.44. The van der Waals surface area contributed by atoms with Gasteiger partial charge in [0, 0.05) is 10.7 Å². The summed E-state index contributed by atoms with van der Waals surface area (Å²) in [6.07, 6.45) is 3.14. The first-order chi connectivity index (χ1) is 8.97. The molecule has 5 heteroatoms. The maximum Gasteiger partial charge on any atom is 0.163 e. The molecular weight excluding hydrogens is 313 g/mol. The number of carbonyl (C=O) groups is 1. The third-order valence-electron chi connectivity index (χ3n) is 2.55. The van der Waals surface area contributed by atoms with E-state index < -0.39 is 5.82 Å². The highest BCUT2D eigenvalue weighted by Gasteiger charge is 2.13. The summed E-state index contributed by atoms with van der Waals surface area (Å²) in [6, 6.07) is 4.42. The number of carbonyl (C=O) groups excluding carboxylic acids is 1.